The van der Waals surface area contributed by atoms with Crippen molar-refractivity contribution in [1.29, 1.82) is 0 Å². The lowest BCUT2D eigenvalue weighted by Gasteiger charge is -1.98. The molecule has 0 bridgehead atoms. The van der Waals surface area contributed by atoms with Gasteiger partial charge in [0.05, 0.1) is 0 Å². The Balaban J connectivity index is 3.29. The lowest BCUT2D eigenvalue weighted by atomic mass is 10.5. The van der Waals surface area contributed by atoms with Gasteiger partial charge in [0.1, 0.15) is 5.76 Å². The van der Waals surface area contributed by atoms with Crippen LogP contribution in [0.4, 0.5) is 0 Å². The van der Waals surface area contributed by atoms with E-state index in [0.29, 0.717) is 5.76 Å². The first-order valence-corrected chi connectivity index (χ1v) is 3.96. The standard InChI is InChI=1S/C7H8ClNO3/c1-5-4-6(10)9(3-2-8)7(11)12-5/h4H,2-3H2,1H3. The van der Waals surface area contributed by atoms with E-state index >= 15 is 0 Å². The number of aryl methyl sites for hydroxylation is 1. The molecule has 0 N–H and O–H groups in total. The molecule has 0 saturated heterocycles. The van der Waals surface area contributed by atoms with Gasteiger partial charge >= 0.3 is 5.76 Å². The van der Waals surface area contributed by atoms with Crippen LogP contribution in [0.5, 0.6) is 0 Å². The molecule has 1 heterocycles. The summed E-state index contributed by atoms with van der Waals surface area (Å²) in [4.78, 5) is 22.1. The predicted molar refractivity (Wildman–Crippen MR) is 44.7 cm³/mol. The molecule has 0 aliphatic carbocycles. The van der Waals surface area contributed by atoms with Crippen molar-refractivity contribution >= 4 is 11.6 Å². The van der Waals surface area contributed by atoms with Crippen LogP contribution in [0.1, 0.15) is 5.76 Å². The SMILES string of the molecule is Cc1cc(=O)n(CCCl)c(=O)o1. The van der Waals surface area contributed by atoms with Gasteiger partial charge in [0.25, 0.3) is 5.56 Å². The summed E-state index contributed by atoms with van der Waals surface area (Å²) in [5, 5.41) is 0. The van der Waals surface area contributed by atoms with Gasteiger partial charge in [0, 0.05) is 18.5 Å². The van der Waals surface area contributed by atoms with E-state index < -0.39 is 5.76 Å². The van der Waals surface area contributed by atoms with Gasteiger partial charge in [-0.05, 0) is 6.92 Å². The maximum absolute atomic E-state index is 11.1. The highest BCUT2D eigenvalue weighted by molar-refractivity contribution is 6.17. The number of hydrogen-bond acceptors (Lipinski definition) is 3. The van der Waals surface area contributed by atoms with Gasteiger partial charge in [0.2, 0.25) is 0 Å². The van der Waals surface area contributed by atoms with E-state index in [9.17, 15) is 9.59 Å². The van der Waals surface area contributed by atoms with E-state index in [1.54, 1.807) is 6.92 Å². The number of rotatable bonds is 2. The van der Waals surface area contributed by atoms with Crippen molar-refractivity contribution in [2.45, 2.75) is 13.5 Å². The van der Waals surface area contributed by atoms with Crippen LogP contribution in [0.15, 0.2) is 20.1 Å². The Bertz CT molecular complexity index is 348. The summed E-state index contributed by atoms with van der Waals surface area (Å²) in [6, 6.07) is 1.26. The first kappa shape index (κ1) is 9.06. The van der Waals surface area contributed by atoms with E-state index in [4.69, 9.17) is 16.0 Å². The molecule has 1 rings (SSSR count). The molecule has 0 spiro atoms. The lowest BCUT2D eigenvalue weighted by Crippen LogP contribution is -2.32. The molecule has 0 aromatic carbocycles. The minimum Gasteiger partial charge on any atom is -0.415 e. The average Bonchev–Trinajstić information content (AvgIpc) is 1.96. The number of hydrogen-bond donors (Lipinski definition) is 0. The Morgan fingerprint density at radius 2 is 2.25 bits per heavy atom. The van der Waals surface area contributed by atoms with Crippen molar-refractivity contribution in [3.05, 3.63) is 32.7 Å². The number of halogens is 1. The second-order valence-electron chi connectivity index (χ2n) is 2.30. The first-order chi connectivity index (χ1) is 5.65. The average molecular weight is 190 g/mol. The van der Waals surface area contributed by atoms with Crippen molar-refractivity contribution in [3.8, 4) is 0 Å². The van der Waals surface area contributed by atoms with Crippen LogP contribution in [0.2, 0.25) is 0 Å². The largest absolute Gasteiger partial charge is 0.421 e. The smallest absolute Gasteiger partial charge is 0.415 e. The minimum atomic E-state index is -0.652. The highest BCUT2D eigenvalue weighted by Gasteiger charge is 2.02. The van der Waals surface area contributed by atoms with Crippen LogP contribution in [0, 0.1) is 6.92 Å². The van der Waals surface area contributed by atoms with E-state index in [2.05, 4.69) is 0 Å². The lowest BCUT2D eigenvalue weighted by molar-refractivity contribution is 0.405. The summed E-state index contributed by atoms with van der Waals surface area (Å²) >= 11 is 5.38. The Labute approximate surface area is 73.4 Å². The Kier molecular flexibility index (Phi) is 2.70. The topological polar surface area (TPSA) is 52.2 Å². The number of alkyl halides is 1. The number of nitrogens with zero attached hydrogens (tertiary/aromatic N) is 1. The van der Waals surface area contributed by atoms with Gasteiger partial charge in [-0.1, -0.05) is 0 Å². The van der Waals surface area contributed by atoms with Crippen LogP contribution in [-0.4, -0.2) is 10.4 Å². The zero-order valence-corrected chi connectivity index (χ0v) is 7.30. The highest BCUT2D eigenvalue weighted by atomic mass is 35.5. The highest BCUT2D eigenvalue weighted by Crippen LogP contribution is 1.85. The zero-order valence-electron chi connectivity index (χ0n) is 6.54. The van der Waals surface area contributed by atoms with Crippen LogP contribution < -0.4 is 11.3 Å². The second-order valence-corrected chi connectivity index (χ2v) is 2.68. The first-order valence-electron chi connectivity index (χ1n) is 3.42. The van der Waals surface area contributed by atoms with E-state index in [1.165, 1.54) is 6.07 Å². The quantitative estimate of drug-likeness (QED) is 0.631. The molecule has 0 saturated carbocycles. The van der Waals surface area contributed by atoms with E-state index in [1.807, 2.05) is 0 Å². The third-order valence-electron chi connectivity index (χ3n) is 1.37. The fourth-order valence-corrected chi connectivity index (χ4v) is 1.02. The van der Waals surface area contributed by atoms with Gasteiger partial charge in [-0.25, -0.2) is 9.36 Å². The van der Waals surface area contributed by atoms with Crippen molar-refractivity contribution in [2.75, 3.05) is 5.88 Å². The van der Waals surface area contributed by atoms with E-state index in [0.717, 1.165) is 4.57 Å². The van der Waals surface area contributed by atoms with Gasteiger partial charge in [-0.3, -0.25) is 4.79 Å². The summed E-state index contributed by atoms with van der Waals surface area (Å²) in [6.07, 6.45) is 0. The predicted octanol–water partition coefficient (Wildman–Crippen LogP) is 0.349. The molecule has 5 heteroatoms. The normalized spacial score (nSPS) is 10.2. The van der Waals surface area contributed by atoms with Crippen molar-refractivity contribution < 1.29 is 4.42 Å². The summed E-state index contributed by atoms with van der Waals surface area (Å²) < 4.78 is 5.65. The van der Waals surface area contributed by atoms with Gasteiger partial charge in [-0.15, -0.1) is 11.6 Å². The van der Waals surface area contributed by atoms with Crippen LogP contribution in [-0.2, 0) is 6.54 Å². The second kappa shape index (κ2) is 3.58. The molecule has 0 amide bonds. The molecule has 0 fully saturated rings. The third-order valence-corrected chi connectivity index (χ3v) is 1.54. The maximum atomic E-state index is 11.1. The molecule has 1 aromatic heterocycles. The van der Waals surface area contributed by atoms with Gasteiger partial charge in [0.15, 0.2) is 0 Å². The molecule has 0 aliphatic heterocycles. The molecule has 0 aliphatic rings. The zero-order chi connectivity index (χ0) is 9.14. The van der Waals surface area contributed by atoms with Gasteiger partial charge < -0.3 is 4.42 Å². The Hall–Kier alpha value is -1.03. The van der Waals surface area contributed by atoms with Crippen LogP contribution in [0.25, 0.3) is 0 Å². The molecule has 4 nitrogen and oxygen atoms in total. The molecular weight excluding hydrogens is 182 g/mol. The van der Waals surface area contributed by atoms with Crippen LogP contribution in [0.3, 0.4) is 0 Å². The van der Waals surface area contributed by atoms with Gasteiger partial charge in [-0.2, -0.15) is 0 Å². The fourth-order valence-electron chi connectivity index (χ4n) is 0.850. The Morgan fingerprint density at radius 3 is 2.75 bits per heavy atom. The van der Waals surface area contributed by atoms with Crippen molar-refractivity contribution in [1.82, 2.24) is 4.57 Å². The summed E-state index contributed by atoms with van der Waals surface area (Å²) in [7, 11) is 0. The summed E-state index contributed by atoms with van der Waals surface area (Å²) in [5.41, 5.74) is -0.371. The van der Waals surface area contributed by atoms with Crippen molar-refractivity contribution in [2.24, 2.45) is 0 Å². The summed E-state index contributed by atoms with van der Waals surface area (Å²) in [5.74, 6) is -0.121. The monoisotopic (exact) mass is 189 g/mol. The van der Waals surface area contributed by atoms with Crippen molar-refractivity contribution in [3.63, 3.8) is 0 Å². The van der Waals surface area contributed by atoms with Crippen LogP contribution >= 0.6 is 11.6 Å². The molecule has 1 aromatic rings. The molecular formula is C7H8ClNO3. The third kappa shape index (κ3) is 1.76. The molecule has 12 heavy (non-hydrogen) atoms. The molecule has 66 valence electrons. The fraction of sp³-hybridized carbons (Fsp3) is 0.429. The van der Waals surface area contributed by atoms with E-state index in [-0.39, 0.29) is 18.0 Å². The molecule has 0 atom stereocenters. The molecule has 0 radical (unpaired) electrons. The molecule has 0 unspecified atom stereocenters. The summed E-state index contributed by atoms with van der Waals surface area (Å²) in [6.45, 7) is 1.73. The Morgan fingerprint density at radius 1 is 1.58 bits per heavy atom. The minimum absolute atomic E-state index is 0.184. The number of aromatic nitrogens is 1. The maximum Gasteiger partial charge on any atom is 0.421 e.